The Hall–Kier alpha value is -2.51. The Morgan fingerprint density at radius 2 is 1.92 bits per heavy atom. The molecule has 1 aliphatic heterocycles. The van der Waals surface area contributed by atoms with Crippen LogP contribution in [0.15, 0.2) is 28.8 Å². The van der Waals surface area contributed by atoms with Crippen molar-refractivity contribution in [1.29, 1.82) is 0 Å². The summed E-state index contributed by atoms with van der Waals surface area (Å²) in [6.45, 7) is 6.03. The second-order valence-electron chi connectivity index (χ2n) is 6.81. The number of halogens is 3. The molecule has 5 nitrogen and oxygen atoms in total. The molecule has 0 atom stereocenters. The van der Waals surface area contributed by atoms with Gasteiger partial charge in [-0.2, -0.15) is 13.2 Å². The zero-order valence-corrected chi connectivity index (χ0v) is 14.0. The Balaban J connectivity index is 1.97. The predicted octanol–water partition coefficient (Wildman–Crippen LogP) is 4.03. The summed E-state index contributed by atoms with van der Waals surface area (Å²) in [5, 5.41) is 3.77. The highest BCUT2D eigenvalue weighted by molar-refractivity contribution is 6.06. The molecule has 2 heterocycles. The van der Waals surface area contributed by atoms with Crippen LogP contribution in [0.25, 0.3) is 0 Å². The van der Waals surface area contributed by atoms with Gasteiger partial charge in [0.25, 0.3) is 5.91 Å². The summed E-state index contributed by atoms with van der Waals surface area (Å²) in [5.41, 5.74) is -1.05. The molecule has 1 aromatic heterocycles. The average molecular weight is 354 g/mol. The van der Waals surface area contributed by atoms with E-state index in [1.807, 2.05) is 20.8 Å². The third kappa shape index (κ3) is 3.33. The number of anilines is 1. The lowest BCUT2D eigenvalue weighted by Crippen LogP contribution is -2.38. The summed E-state index contributed by atoms with van der Waals surface area (Å²) >= 11 is 0. The fourth-order valence-corrected chi connectivity index (χ4v) is 2.47. The molecule has 134 valence electrons. The van der Waals surface area contributed by atoms with E-state index in [1.54, 1.807) is 0 Å². The van der Waals surface area contributed by atoms with Crippen LogP contribution in [0.2, 0.25) is 0 Å². The lowest BCUT2D eigenvalue weighted by Gasteiger charge is -2.29. The maximum absolute atomic E-state index is 13.0. The van der Waals surface area contributed by atoms with Crippen molar-refractivity contribution < 1.29 is 27.2 Å². The van der Waals surface area contributed by atoms with Crippen molar-refractivity contribution in [2.75, 3.05) is 18.1 Å². The number of nitrogens with zero attached hydrogens (tertiary/aromatic N) is 2. The van der Waals surface area contributed by atoms with Crippen molar-refractivity contribution >= 4 is 11.6 Å². The molecule has 1 aromatic carbocycles. The van der Waals surface area contributed by atoms with Gasteiger partial charge in [-0.05, 0) is 18.2 Å². The van der Waals surface area contributed by atoms with Gasteiger partial charge >= 0.3 is 6.18 Å². The van der Waals surface area contributed by atoms with E-state index in [-0.39, 0.29) is 35.7 Å². The molecule has 8 heteroatoms. The number of hydrogen-bond acceptors (Lipinski definition) is 4. The fraction of sp³-hybridized carbons (Fsp3) is 0.412. The minimum atomic E-state index is -4.51. The zero-order chi connectivity index (χ0) is 18.4. The van der Waals surface area contributed by atoms with Gasteiger partial charge in [0.1, 0.15) is 18.1 Å². The van der Waals surface area contributed by atoms with Crippen LogP contribution >= 0.6 is 0 Å². The third-order valence-electron chi connectivity index (χ3n) is 3.86. The number of aromatic nitrogens is 1. The molecule has 2 aromatic rings. The Morgan fingerprint density at radius 3 is 2.52 bits per heavy atom. The van der Waals surface area contributed by atoms with Gasteiger partial charge in [-0.15, -0.1) is 0 Å². The highest BCUT2D eigenvalue weighted by Crippen LogP contribution is 2.38. The molecule has 1 aliphatic rings. The highest BCUT2D eigenvalue weighted by atomic mass is 19.4. The van der Waals surface area contributed by atoms with E-state index in [1.165, 1.54) is 17.0 Å². The van der Waals surface area contributed by atoms with Crippen molar-refractivity contribution in [2.24, 2.45) is 0 Å². The number of ether oxygens (including phenoxy) is 1. The summed E-state index contributed by atoms with van der Waals surface area (Å²) < 4.78 is 49.5. The monoisotopic (exact) mass is 354 g/mol. The van der Waals surface area contributed by atoms with Crippen molar-refractivity contribution in [1.82, 2.24) is 5.16 Å². The van der Waals surface area contributed by atoms with E-state index in [0.717, 1.165) is 12.1 Å². The van der Waals surface area contributed by atoms with Gasteiger partial charge in [-0.3, -0.25) is 9.69 Å². The molecule has 0 N–H and O–H groups in total. The maximum Gasteiger partial charge on any atom is 0.416 e. The van der Waals surface area contributed by atoms with Crippen molar-refractivity contribution in [3.63, 3.8) is 0 Å². The molecule has 0 fully saturated rings. The van der Waals surface area contributed by atoms with Gasteiger partial charge in [0.05, 0.1) is 17.8 Å². The first-order valence-corrected chi connectivity index (χ1v) is 7.70. The van der Waals surface area contributed by atoms with E-state index >= 15 is 0 Å². The number of alkyl halides is 3. The topological polar surface area (TPSA) is 55.6 Å². The largest absolute Gasteiger partial charge is 0.490 e. The summed E-state index contributed by atoms with van der Waals surface area (Å²) in [5.74, 6) is 0.226. The second kappa shape index (κ2) is 5.79. The van der Waals surface area contributed by atoms with E-state index in [0.29, 0.717) is 5.76 Å². The van der Waals surface area contributed by atoms with E-state index in [2.05, 4.69) is 5.16 Å². The summed E-state index contributed by atoms with van der Waals surface area (Å²) in [7, 11) is 0. The Kier molecular flexibility index (Phi) is 4.01. The van der Waals surface area contributed by atoms with Gasteiger partial charge in [0, 0.05) is 11.5 Å². The van der Waals surface area contributed by atoms with Crippen LogP contribution in [0.4, 0.5) is 18.9 Å². The summed E-state index contributed by atoms with van der Waals surface area (Å²) in [4.78, 5) is 14.0. The van der Waals surface area contributed by atoms with Crippen LogP contribution in [-0.2, 0) is 11.6 Å². The molecule has 0 saturated heterocycles. The minimum absolute atomic E-state index is 0.0511. The molecule has 0 unspecified atom stereocenters. The van der Waals surface area contributed by atoms with Crippen molar-refractivity contribution in [2.45, 2.75) is 32.4 Å². The SMILES string of the molecule is CC(C)(C)c1cc(C(=O)N2CCOc3ccc(C(F)(F)F)cc32)no1. The first-order chi connectivity index (χ1) is 11.6. The number of rotatable bonds is 1. The lowest BCUT2D eigenvalue weighted by atomic mass is 9.93. The van der Waals surface area contributed by atoms with Crippen LogP contribution in [-0.4, -0.2) is 24.2 Å². The predicted molar refractivity (Wildman–Crippen MR) is 83.8 cm³/mol. The second-order valence-corrected chi connectivity index (χ2v) is 6.81. The van der Waals surface area contributed by atoms with E-state index < -0.39 is 17.6 Å². The third-order valence-corrected chi connectivity index (χ3v) is 3.86. The smallest absolute Gasteiger partial charge is 0.416 e. The van der Waals surface area contributed by atoms with Crippen molar-refractivity contribution in [3.05, 3.63) is 41.3 Å². The molecule has 0 saturated carbocycles. The molecular formula is C17H17F3N2O3. The number of carbonyl (C=O) groups excluding carboxylic acids is 1. The Bertz CT molecular complexity index is 806. The standard InChI is InChI=1S/C17H17F3N2O3/c1-16(2,3)14-9-11(21-25-14)15(23)22-6-7-24-13-5-4-10(8-12(13)22)17(18,19)20/h4-5,8-9H,6-7H2,1-3H3. The van der Waals surface area contributed by atoms with Crippen LogP contribution in [0.5, 0.6) is 5.75 Å². The van der Waals surface area contributed by atoms with Crippen molar-refractivity contribution in [3.8, 4) is 5.75 Å². The molecule has 0 aliphatic carbocycles. The van der Waals surface area contributed by atoms with E-state index in [9.17, 15) is 18.0 Å². The molecule has 3 rings (SSSR count). The zero-order valence-electron chi connectivity index (χ0n) is 14.0. The van der Waals surface area contributed by atoms with Crippen LogP contribution in [0.1, 0.15) is 42.6 Å². The Labute approximate surface area is 142 Å². The molecular weight excluding hydrogens is 337 g/mol. The van der Waals surface area contributed by atoms with Crippen LogP contribution in [0, 0.1) is 0 Å². The van der Waals surface area contributed by atoms with Gasteiger partial charge in [0.2, 0.25) is 0 Å². The summed E-state index contributed by atoms with van der Waals surface area (Å²) in [6.07, 6.45) is -4.51. The van der Waals surface area contributed by atoms with Gasteiger partial charge < -0.3 is 9.26 Å². The fourth-order valence-electron chi connectivity index (χ4n) is 2.47. The first-order valence-electron chi connectivity index (χ1n) is 7.70. The number of amides is 1. The molecule has 0 spiro atoms. The molecule has 1 amide bonds. The number of hydrogen-bond donors (Lipinski definition) is 0. The lowest BCUT2D eigenvalue weighted by molar-refractivity contribution is -0.137. The molecule has 0 radical (unpaired) electrons. The quantitative estimate of drug-likeness (QED) is 0.776. The van der Waals surface area contributed by atoms with Crippen LogP contribution in [0.3, 0.4) is 0 Å². The highest BCUT2D eigenvalue weighted by Gasteiger charge is 2.34. The molecule has 25 heavy (non-hydrogen) atoms. The van der Waals surface area contributed by atoms with Gasteiger partial charge in [0.15, 0.2) is 5.69 Å². The molecule has 0 bridgehead atoms. The Morgan fingerprint density at radius 1 is 1.20 bits per heavy atom. The normalized spacial score (nSPS) is 14.9. The minimum Gasteiger partial charge on any atom is -0.490 e. The maximum atomic E-state index is 13.0. The number of carbonyl (C=O) groups is 1. The number of benzene rings is 1. The van der Waals surface area contributed by atoms with E-state index in [4.69, 9.17) is 9.26 Å². The summed E-state index contributed by atoms with van der Waals surface area (Å²) in [6, 6.07) is 4.59. The number of fused-ring (bicyclic) bond motifs is 1. The first kappa shape index (κ1) is 17.3. The van der Waals surface area contributed by atoms with Gasteiger partial charge in [-0.1, -0.05) is 25.9 Å². The average Bonchev–Trinajstić information content (AvgIpc) is 3.02. The van der Waals surface area contributed by atoms with Crippen LogP contribution < -0.4 is 9.64 Å². The van der Waals surface area contributed by atoms with Gasteiger partial charge in [-0.25, -0.2) is 0 Å².